The summed E-state index contributed by atoms with van der Waals surface area (Å²) in [6, 6.07) is 0.293. The van der Waals surface area contributed by atoms with Crippen molar-refractivity contribution in [3.05, 3.63) is 5.69 Å². The second kappa shape index (κ2) is 6.50. The molecule has 1 amide bonds. The third-order valence-electron chi connectivity index (χ3n) is 4.46. The summed E-state index contributed by atoms with van der Waals surface area (Å²) in [6.07, 6.45) is 0.668. The van der Waals surface area contributed by atoms with E-state index >= 15 is 0 Å². The topological polar surface area (TPSA) is 60.2 Å². The fraction of sp³-hybridized carbons (Fsp3) is 0.824. The van der Waals surface area contributed by atoms with Crippen molar-refractivity contribution in [2.45, 2.75) is 72.3 Å². The van der Waals surface area contributed by atoms with Crippen LogP contribution in [0.4, 0.5) is 4.79 Å². The number of ether oxygens (including phenoxy) is 1. The van der Waals surface area contributed by atoms with Crippen LogP contribution in [0.25, 0.3) is 0 Å². The number of rotatable bonds is 2. The molecule has 0 radical (unpaired) electrons. The van der Waals surface area contributed by atoms with E-state index in [9.17, 15) is 4.79 Å². The van der Waals surface area contributed by atoms with Gasteiger partial charge in [0.2, 0.25) is 0 Å². The van der Waals surface area contributed by atoms with E-state index in [1.165, 1.54) is 11.0 Å². The van der Waals surface area contributed by atoms with Crippen molar-refractivity contribution in [2.24, 2.45) is 5.92 Å². The van der Waals surface area contributed by atoms with Gasteiger partial charge in [0.05, 0.1) is 17.1 Å². The van der Waals surface area contributed by atoms with Gasteiger partial charge in [0.15, 0.2) is 0 Å². The molecule has 1 saturated heterocycles. The molecule has 1 aromatic heterocycles. The van der Waals surface area contributed by atoms with Crippen LogP contribution in [0.3, 0.4) is 0 Å². The third kappa shape index (κ3) is 4.17. The number of aromatic nitrogens is 3. The van der Waals surface area contributed by atoms with Crippen LogP contribution in [0.15, 0.2) is 0 Å². The smallest absolute Gasteiger partial charge is 0.410 e. The predicted octanol–water partition coefficient (Wildman–Crippen LogP) is 2.95. The average molecular weight is 353 g/mol. The van der Waals surface area contributed by atoms with Gasteiger partial charge in [-0.1, -0.05) is 31.8 Å². The number of hydrogen-bond donors (Lipinski definition) is 0. The molecule has 136 valence electrons. The fourth-order valence-corrected chi connectivity index (χ4v) is 4.88. The molecule has 1 aliphatic rings. The van der Waals surface area contributed by atoms with Crippen LogP contribution in [0, 0.1) is 12.8 Å². The van der Waals surface area contributed by atoms with E-state index in [1.807, 2.05) is 25.7 Å². The third-order valence-corrected chi connectivity index (χ3v) is 6.35. The summed E-state index contributed by atoms with van der Waals surface area (Å²) in [5.41, 5.74) is 0.739. The summed E-state index contributed by atoms with van der Waals surface area (Å²) < 4.78 is 7.58. The van der Waals surface area contributed by atoms with E-state index in [4.69, 9.17) is 4.74 Å². The maximum atomic E-state index is 12.3. The molecule has 0 aromatic carbocycles. The molecule has 2 unspecified atom stereocenters. The summed E-state index contributed by atoms with van der Waals surface area (Å²) in [4.78, 5) is 14.1. The quantitative estimate of drug-likeness (QED) is 0.768. The van der Waals surface area contributed by atoms with Gasteiger partial charge in [-0.3, -0.25) is 0 Å². The van der Waals surface area contributed by atoms with E-state index in [2.05, 4.69) is 48.5 Å². The van der Waals surface area contributed by atoms with Crippen molar-refractivity contribution in [3.63, 3.8) is 0 Å². The van der Waals surface area contributed by atoms with Crippen molar-refractivity contribution in [3.8, 4) is 0 Å². The molecule has 2 rings (SSSR count). The van der Waals surface area contributed by atoms with Gasteiger partial charge in [-0.15, -0.1) is 5.10 Å². The minimum absolute atomic E-state index is 0.217. The molecule has 0 spiro atoms. The van der Waals surface area contributed by atoms with Gasteiger partial charge in [-0.2, -0.15) is 0 Å². The maximum Gasteiger partial charge on any atom is 0.410 e. The van der Waals surface area contributed by atoms with Gasteiger partial charge in [0, 0.05) is 13.1 Å². The average Bonchev–Trinajstić information content (AvgIpc) is 2.78. The van der Waals surface area contributed by atoms with Crippen LogP contribution >= 0.6 is 0 Å². The number of likely N-dealkylation sites (tertiary alicyclic amines) is 1. The van der Waals surface area contributed by atoms with E-state index in [1.54, 1.807) is 0 Å². The lowest BCUT2D eigenvalue weighted by Crippen LogP contribution is -2.46. The largest absolute Gasteiger partial charge is 0.444 e. The molecule has 7 heteroatoms. The highest BCUT2D eigenvalue weighted by Gasteiger charge is 2.34. The zero-order chi connectivity index (χ0) is 18.3. The highest BCUT2D eigenvalue weighted by molar-refractivity contribution is 6.88. The van der Waals surface area contributed by atoms with E-state index in [-0.39, 0.29) is 6.09 Å². The molecular formula is C17H32N4O2Si. The molecule has 0 saturated carbocycles. The van der Waals surface area contributed by atoms with Gasteiger partial charge >= 0.3 is 6.09 Å². The van der Waals surface area contributed by atoms with Crippen molar-refractivity contribution in [1.82, 2.24) is 19.9 Å². The van der Waals surface area contributed by atoms with Gasteiger partial charge in [0.1, 0.15) is 13.7 Å². The Hall–Kier alpha value is -1.37. The Kier molecular flexibility index (Phi) is 5.13. The van der Waals surface area contributed by atoms with Crippen molar-refractivity contribution >= 4 is 19.5 Å². The lowest BCUT2D eigenvalue weighted by atomic mass is 9.94. The SMILES string of the molecule is Cc1c([Si](C)(C)C)nnn1C1CCN(C(=O)OC(C)(C)C)CC1C. The molecule has 2 heterocycles. The molecule has 0 aliphatic carbocycles. The molecular weight excluding hydrogens is 320 g/mol. The number of carbonyl (C=O) groups excluding carboxylic acids is 1. The Bertz CT molecular complexity index is 601. The molecule has 1 fully saturated rings. The van der Waals surface area contributed by atoms with Crippen LogP contribution in [0.1, 0.15) is 45.9 Å². The summed E-state index contributed by atoms with van der Waals surface area (Å²) in [6.45, 7) is 18.3. The minimum atomic E-state index is -1.48. The number of amides is 1. The molecule has 1 aliphatic heterocycles. The zero-order valence-electron chi connectivity index (χ0n) is 16.4. The molecule has 0 N–H and O–H groups in total. The highest BCUT2D eigenvalue weighted by Crippen LogP contribution is 2.29. The first-order valence-electron chi connectivity index (χ1n) is 8.80. The Labute approximate surface area is 146 Å². The fourth-order valence-electron chi connectivity index (χ4n) is 3.34. The summed E-state index contributed by atoms with van der Waals surface area (Å²) >= 11 is 0. The first kappa shape index (κ1) is 19.0. The Morgan fingerprint density at radius 1 is 1.29 bits per heavy atom. The van der Waals surface area contributed by atoms with Crippen molar-refractivity contribution in [2.75, 3.05) is 13.1 Å². The molecule has 1 aromatic rings. The summed E-state index contributed by atoms with van der Waals surface area (Å²) in [5, 5.41) is 10.1. The normalized spacial score (nSPS) is 22.6. The lowest BCUT2D eigenvalue weighted by molar-refractivity contribution is 0.0116. The summed E-state index contributed by atoms with van der Waals surface area (Å²) in [7, 11) is -1.48. The van der Waals surface area contributed by atoms with Crippen molar-refractivity contribution in [1.29, 1.82) is 0 Å². The lowest BCUT2D eigenvalue weighted by Gasteiger charge is -2.37. The summed E-state index contributed by atoms with van der Waals surface area (Å²) in [5.74, 6) is 0.321. The first-order chi connectivity index (χ1) is 10.9. The van der Waals surface area contributed by atoms with Gasteiger partial charge in [-0.05, 0) is 40.0 Å². The molecule has 2 atom stereocenters. The number of hydrogen-bond acceptors (Lipinski definition) is 4. The van der Waals surface area contributed by atoms with Gasteiger partial charge in [-0.25, -0.2) is 9.48 Å². The Morgan fingerprint density at radius 3 is 2.38 bits per heavy atom. The Balaban J connectivity index is 2.10. The van der Waals surface area contributed by atoms with Crippen LogP contribution in [0.5, 0.6) is 0 Å². The molecule has 24 heavy (non-hydrogen) atoms. The molecule has 0 bridgehead atoms. The van der Waals surface area contributed by atoms with Gasteiger partial charge in [0.25, 0.3) is 0 Å². The van der Waals surface area contributed by atoms with Crippen molar-refractivity contribution < 1.29 is 9.53 Å². The monoisotopic (exact) mass is 352 g/mol. The Morgan fingerprint density at radius 2 is 1.92 bits per heavy atom. The van der Waals surface area contributed by atoms with Gasteiger partial charge < -0.3 is 9.64 Å². The predicted molar refractivity (Wildman–Crippen MR) is 98.4 cm³/mol. The molecule has 6 nitrogen and oxygen atoms in total. The maximum absolute atomic E-state index is 12.3. The second-order valence-electron chi connectivity index (χ2n) is 8.98. The number of piperidine rings is 1. The highest BCUT2D eigenvalue weighted by atomic mass is 28.3. The van der Waals surface area contributed by atoms with E-state index in [0.29, 0.717) is 25.0 Å². The zero-order valence-corrected chi connectivity index (χ0v) is 17.4. The number of nitrogens with zero attached hydrogens (tertiary/aromatic N) is 4. The first-order valence-corrected chi connectivity index (χ1v) is 12.3. The second-order valence-corrected chi connectivity index (χ2v) is 14.0. The minimum Gasteiger partial charge on any atom is -0.444 e. The van der Waals surface area contributed by atoms with Crippen LogP contribution in [-0.2, 0) is 4.74 Å². The van der Waals surface area contributed by atoms with E-state index < -0.39 is 13.7 Å². The van der Waals surface area contributed by atoms with Crippen LogP contribution in [-0.4, -0.2) is 52.8 Å². The van der Waals surface area contributed by atoms with Crippen LogP contribution < -0.4 is 5.32 Å². The number of carbonyl (C=O) groups is 1. The van der Waals surface area contributed by atoms with Crippen LogP contribution in [0.2, 0.25) is 19.6 Å². The standard InChI is InChI=1S/C17H32N4O2Si/c1-12-11-20(16(22)23-17(3,4)5)10-9-14(12)21-13(2)15(18-19-21)24(6,7)8/h12,14H,9-11H2,1-8H3. The van der Waals surface area contributed by atoms with E-state index in [0.717, 1.165) is 6.42 Å².